The molecular weight excluding hydrogens is 717 g/mol. The Balaban J connectivity index is 4.25. The molecule has 0 rings (SSSR count). The van der Waals surface area contributed by atoms with Gasteiger partial charge < -0.3 is 14.2 Å². The summed E-state index contributed by atoms with van der Waals surface area (Å²) in [6.07, 6.45) is 59.7. The fraction of sp³-hybridized carbons (Fsp3) is 0.811. The molecule has 0 spiro atoms. The average Bonchev–Trinajstić information content (AvgIpc) is 3.22. The summed E-state index contributed by atoms with van der Waals surface area (Å²) in [4.78, 5) is 25.3. The van der Waals surface area contributed by atoms with Gasteiger partial charge in [0.15, 0.2) is 6.10 Å². The molecule has 0 aliphatic carbocycles. The van der Waals surface area contributed by atoms with Gasteiger partial charge in [-0.3, -0.25) is 9.59 Å². The first-order chi connectivity index (χ1) is 28.6. The van der Waals surface area contributed by atoms with Crippen LogP contribution < -0.4 is 0 Å². The van der Waals surface area contributed by atoms with Gasteiger partial charge in [0.25, 0.3) is 0 Å². The molecule has 58 heavy (non-hydrogen) atoms. The predicted molar refractivity (Wildman–Crippen MR) is 251 cm³/mol. The minimum Gasteiger partial charge on any atom is -0.462 e. The summed E-state index contributed by atoms with van der Waals surface area (Å²) < 4.78 is 17.4. The number of rotatable bonds is 46. The standard InChI is InChI=1S/C53H96O5/c1-4-7-10-13-16-19-22-24-25-26-27-28-30-33-36-39-42-45-48-56-49-51(58-53(55)47-44-41-38-35-31-21-18-15-12-9-6-3)50-57-52(54)46-43-40-37-34-32-29-23-20-17-14-11-8-5-2/h7,10,16,19,24-25,27-28,51H,4-6,8-9,11-15,17-18,20-23,26,29-50H2,1-3H3/b10-7-,19-16-,25-24-,28-27-. The second-order valence-electron chi connectivity index (χ2n) is 16.7. The molecule has 0 aromatic rings. The van der Waals surface area contributed by atoms with Gasteiger partial charge in [0, 0.05) is 19.4 Å². The second kappa shape index (κ2) is 49.2. The lowest BCUT2D eigenvalue weighted by Crippen LogP contribution is -2.30. The lowest BCUT2D eigenvalue weighted by atomic mass is 10.0. The van der Waals surface area contributed by atoms with Crippen LogP contribution in [0.3, 0.4) is 0 Å². The number of esters is 2. The molecule has 0 radical (unpaired) electrons. The van der Waals surface area contributed by atoms with Gasteiger partial charge in [-0.15, -0.1) is 0 Å². The van der Waals surface area contributed by atoms with E-state index in [-0.39, 0.29) is 25.2 Å². The smallest absolute Gasteiger partial charge is 0.306 e. The van der Waals surface area contributed by atoms with Crippen LogP contribution in [0, 0.1) is 0 Å². The molecule has 0 aliphatic rings. The van der Waals surface area contributed by atoms with E-state index >= 15 is 0 Å². The molecule has 0 amide bonds. The Morgan fingerprint density at radius 1 is 0.397 bits per heavy atom. The van der Waals surface area contributed by atoms with Crippen LogP contribution in [0.4, 0.5) is 0 Å². The minimum atomic E-state index is -0.540. The van der Waals surface area contributed by atoms with Crippen molar-refractivity contribution >= 4 is 11.9 Å². The number of hydrogen-bond acceptors (Lipinski definition) is 5. The molecule has 0 aromatic heterocycles. The summed E-state index contributed by atoms with van der Waals surface area (Å²) in [5, 5.41) is 0. The zero-order chi connectivity index (χ0) is 42.1. The van der Waals surface area contributed by atoms with Gasteiger partial charge in [-0.1, -0.05) is 230 Å². The number of hydrogen-bond donors (Lipinski definition) is 0. The van der Waals surface area contributed by atoms with Crippen LogP contribution in [0.25, 0.3) is 0 Å². The summed E-state index contributed by atoms with van der Waals surface area (Å²) in [7, 11) is 0. The van der Waals surface area contributed by atoms with Gasteiger partial charge in [-0.25, -0.2) is 0 Å². The van der Waals surface area contributed by atoms with Crippen LogP contribution in [-0.4, -0.2) is 37.9 Å². The van der Waals surface area contributed by atoms with Crippen molar-refractivity contribution in [2.45, 2.75) is 258 Å². The third kappa shape index (κ3) is 46.5. The molecule has 338 valence electrons. The van der Waals surface area contributed by atoms with Crippen LogP contribution in [-0.2, 0) is 23.8 Å². The average molecular weight is 813 g/mol. The largest absolute Gasteiger partial charge is 0.462 e. The Labute approximate surface area is 361 Å². The number of allylic oxidation sites excluding steroid dienone is 8. The van der Waals surface area contributed by atoms with Crippen LogP contribution in [0.5, 0.6) is 0 Å². The van der Waals surface area contributed by atoms with Gasteiger partial charge in [-0.2, -0.15) is 0 Å². The van der Waals surface area contributed by atoms with Gasteiger partial charge in [0.2, 0.25) is 0 Å². The predicted octanol–water partition coefficient (Wildman–Crippen LogP) is 16.8. The molecule has 5 nitrogen and oxygen atoms in total. The molecule has 0 saturated heterocycles. The molecule has 0 saturated carbocycles. The van der Waals surface area contributed by atoms with Crippen LogP contribution in [0.2, 0.25) is 0 Å². The molecule has 0 heterocycles. The molecule has 0 aromatic carbocycles. The van der Waals surface area contributed by atoms with Gasteiger partial charge in [-0.05, 0) is 57.8 Å². The molecule has 0 bridgehead atoms. The van der Waals surface area contributed by atoms with Crippen LogP contribution >= 0.6 is 0 Å². The highest BCUT2D eigenvalue weighted by Gasteiger charge is 2.17. The summed E-state index contributed by atoms with van der Waals surface area (Å²) in [5.41, 5.74) is 0. The zero-order valence-corrected chi connectivity index (χ0v) is 38.8. The van der Waals surface area contributed by atoms with Crippen LogP contribution in [0.1, 0.15) is 252 Å². The van der Waals surface area contributed by atoms with Crippen molar-refractivity contribution < 1.29 is 23.8 Å². The normalized spacial score (nSPS) is 12.5. The van der Waals surface area contributed by atoms with Crippen molar-refractivity contribution in [1.29, 1.82) is 0 Å². The van der Waals surface area contributed by atoms with E-state index in [4.69, 9.17) is 14.2 Å². The highest BCUT2D eigenvalue weighted by atomic mass is 16.6. The van der Waals surface area contributed by atoms with E-state index in [2.05, 4.69) is 69.4 Å². The highest BCUT2D eigenvalue weighted by molar-refractivity contribution is 5.70. The fourth-order valence-electron chi connectivity index (χ4n) is 7.15. The summed E-state index contributed by atoms with van der Waals surface area (Å²) in [5.74, 6) is -0.398. The lowest BCUT2D eigenvalue weighted by molar-refractivity contribution is -0.163. The van der Waals surface area contributed by atoms with E-state index in [1.165, 1.54) is 148 Å². The van der Waals surface area contributed by atoms with Gasteiger partial charge >= 0.3 is 11.9 Å². The zero-order valence-electron chi connectivity index (χ0n) is 38.8. The van der Waals surface area contributed by atoms with Gasteiger partial charge in [0.1, 0.15) is 6.61 Å². The van der Waals surface area contributed by atoms with Crippen molar-refractivity contribution in [3.63, 3.8) is 0 Å². The monoisotopic (exact) mass is 813 g/mol. The molecule has 1 atom stereocenters. The first-order valence-corrected chi connectivity index (χ1v) is 25.2. The third-order valence-corrected chi connectivity index (χ3v) is 10.9. The third-order valence-electron chi connectivity index (χ3n) is 10.9. The maximum atomic E-state index is 12.7. The Morgan fingerprint density at radius 2 is 0.776 bits per heavy atom. The van der Waals surface area contributed by atoms with Crippen molar-refractivity contribution in [3.05, 3.63) is 48.6 Å². The fourth-order valence-corrected chi connectivity index (χ4v) is 7.15. The Hall–Kier alpha value is -2.14. The Kier molecular flexibility index (Phi) is 47.4. The molecule has 5 heteroatoms. The number of unbranched alkanes of at least 4 members (excludes halogenated alkanes) is 27. The van der Waals surface area contributed by atoms with Crippen molar-refractivity contribution in [2.75, 3.05) is 19.8 Å². The van der Waals surface area contributed by atoms with E-state index < -0.39 is 6.10 Å². The SMILES string of the molecule is CC/C=C\C/C=C\C/C=C\C/C=C\CCCCCCCOCC(COC(=O)CCCCCCCCCCCCCCC)OC(=O)CCCCCCCCCCCCC. The molecule has 0 N–H and O–H groups in total. The van der Waals surface area contributed by atoms with Crippen molar-refractivity contribution in [3.8, 4) is 0 Å². The van der Waals surface area contributed by atoms with E-state index in [1.807, 2.05) is 0 Å². The Morgan fingerprint density at radius 3 is 1.24 bits per heavy atom. The Bertz CT molecular complexity index is 966. The first kappa shape index (κ1) is 55.9. The maximum absolute atomic E-state index is 12.7. The molecular formula is C53H96O5. The summed E-state index contributed by atoms with van der Waals surface area (Å²) >= 11 is 0. The highest BCUT2D eigenvalue weighted by Crippen LogP contribution is 2.15. The minimum absolute atomic E-state index is 0.0819. The number of ether oxygens (including phenoxy) is 3. The second-order valence-corrected chi connectivity index (χ2v) is 16.7. The first-order valence-electron chi connectivity index (χ1n) is 25.2. The van der Waals surface area contributed by atoms with Crippen molar-refractivity contribution in [2.24, 2.45) is 0 Å². The molecule has 0 fully saturated rings. The maximum Gasteiger partial charge on any atom is 0.306 e. The molecule has 0 aliphatic heterocycles. The quantitative estimate of drug-likeness (QED) is 0.0348. The summed E-state index contributed by atoms with van der Waals surface area (Å²) in [6, 6.07) is 0. The summed E-state index contributed by atoms with van der Waals surface area (Å²) in [6.45, 7) is 7.70. The lowest BCUT2D eigenvalue weighted by Gasteiger charge is -2.18. The molecule has 1 unspecified atom stereocenters. The number of carbonyl (C=O) groups excluding carboxylic acids is 2. The van der Waals surface area contributed by atoms with Gasteiger partial charge in [0.05, 0.1) is 6.61 Å². The van der Waals surface area contributed by atoms with E-state index in [0.717, 1.165) is 70.6 Å². The van der Waals surface area contributed by atoms with Crippen LogP contribution in [0.15, 0.2) is 48.6 Å². The number of carbonyl (C=O) groups is 2. The topological polar surface area (TPSA) is 61.8 Å². The van der Waals surface area contributed by atoms with E-state index in [1.54, 1.807) is 0 Å². The van der Waals surface area contributed by atoms with E-state index in [0.29, 0.717) is 19.4 Å². The van der Waals surface area contributed by atoms with E-state index in [9.17, 15) is 9.59 Å². The van der Waals surface area contributed by atoms with Crippen molar-refractivity contribution in [1.82, 2.24) is 0 Å².